The van der Waals surface area contributed by atoms with E-state index in [2.05, 4.69) is 4.98 Å². The van der Waals surface area contributed by atoms with Crippen molar-refractivity contribution in [3.8, 4) is 0 Å². The fourth-order valence-electron chi connectivity index (χ4n) is 0.984. The molecule has 14 heavy (non-hydrogen) atoms. The molecule has 0 bridgehead atoms. The van der Waals surface area contributed by atoms with E-state index in [1.165, 1.54) is 6.92 Å². The molecule has 1 aromatic heterocycles. The minimum atomic E-state index is -2.66. The first-order valence-electron chi connectivity index (χ1n) is 3.68. The molecule has 1 rings (SSSR count). The highest BCUT2D eigenvalue weighted by atomic mass is 35.5. The molecule has 0 spiro atoms. The van der Waals surface area contributed by atoms with Crippen LogP contribution in [0.2, 0.25) is 5.02 Å². The smallest absolute Gasteiger partial charge is 0.268 e. The molecule has 0 aromatic carbocycles. The van der Waals surface area contributed by atoms with Crippen LogP contribution in [-0.4, -0.2) is 10.9 Å². The first-order valence-corrected chi connectivity index (χ1v) is 4.06. The van der Waals surface area contributed by atoms with Gasteiger partial charge in [0.2, 0.25) is 0 Å². The Labute approximate surface area is 83.9 Å². The van der Waals surface area contributed by atoms with Gasteiger partial charge in [-0.2, -0.15) is 0 Å². The van der Waals surface area contributed by atoms with Crippen LogP contribution in [0.4, 0.5) is 8.78 Å². The highest BCUT2D eigenvalue weighted by Gasteiger charge is 2.18. The third-order valence-corrected chi connectivity index (χ3v) is 2.23. The van der Waals surface area contributed by atoms with Gasteiger partial charge in [0.25, 0.3) is 12.3 Å². The van der Waals surface area contributed by atoms with Crippen LogP contribution in [0.3, 0.4) is 0 Å². The van der Waals surface area contributed by atoms with Crippen LogP contribution in [0, 0.1) is 6.92 Å². The van der Waals surface area contributed by atoms with Crippen molar-refractivity contribution in [3.05, 3.63) is 28.0 Å². The van der Waals surface area contributed by atoms with Gasteiger partial charge in [0.05, 0.1) is 5.02 Å². The number of rotatable bonds is 2. The zero-order chi connectivity index (χ0) is 10.9. The van der Waals surface area contributed by atoms with E-state index in [1.807, 2.05) is 0 Å². The molecule has 1 aromatic rings. The summed E-state index contributed by atoms with van der Waals surface area (Å²) in [5.41, 5.74) is 4.59. The molecular formula is C8H7ClF2N2O. The van der Waals surface area contributed by atoms with E-state index in [1.54, 1.807) is 0 Å². The van der Waals surface area contributed by atoms with Gasteiger partial charge in [0, 0.05) is 11.8 Å². The Morgan fingerprint density at radius 2 is 2.21 bits per heavy atom. The van der Waals surface area contributed by atoms with Gasteiger partial charge in [-0.1, -0.05) is 11.6 Å². The lowest BCUT2D eigenvalue weighted by Gasteiger charge is -2.07. The first-order chi connectivity index (χ1) is 6.45. The van der Waals surface area contributed by atoms with Gasteiger partial charge < -0.3 is 5.73 Å². The molecule has 0 saturated heterocycles. The van der Waals surface area contributed by atoms with E-state index < -0.39 is 12.3 Å². The Morgan fingerprint density at radius 3 is 2.64 bits per heavy atom. The molecule has 0 aliphatic carbocycles. The average Bonchev–Trinajstić information content (AvgIpc) is 2.08. The molecule has 0 fully saturated rings. The van der Waals surface area contributed by atoms with Gasteiger partial charge >= 0.3 is 0 Å². The van der Waals surface area contributed by atoms with E-state index in [9.17, 15) is 13.6 Å². The van der Waals surface area contributed by atoms with E-state index in [0.29, 0.717) is 0 Å². The van der Waals surface area contributed by atoms with Crippen molar-refractivity contribution in [2.45, 2.75) is 13.3 Å². The van der Waals surface area contributed by atoms with Gasteiger partial charge in [-0.25, -0.2) is 13.8 Å². The molecule has 3 nitrogen and oxygen atoms in total. The van der Waals surface area contributed by atoms with Crippen LogP contribution >= 0.6 is 11.6 Å². The molecule has 0 saturated carbocycles. The minimum absolute atomic E-state index is 0.115. The summed E-state index contributed by atoms with van der Waals surface area (Å²) < 4.78 is 24.7. The molecule has 2 N–H and O–H groups in total. The molecular weight excluding hydrogens is 214 g/mol. The number of aromatic nitrogens is 1. The summed E-state index contributed by atoms with van der Waals surface area (Å²) in [5, 5.41) is -0.115. The number of pyridine rings is 1. The molecule has 0 aliphatic rings. The van der Waals surface area contributed by atoms with Crippen molar-refractivity contribution in [3.63, 3.8) is 0 Å². The summed E-state index contributed by atoms with van der Waals surface area (Å²) in [6, 6.07) is 0. The number of amides is 1. The second-order valence-corrected chi connectivity index (χ2v) is 3.04. The van der Waals surface area contributed by atoms with E-state index in [-0.39, 0.29) is 21.8 Å². The number of carbonyl (C=O) groups is 1. The monoisotopic (exact) mass is 220 g/mol. The first kappa shape index (κ1) is 10.8. The van der Waals surface area contributed by atoms with Crippen LogP contribution in [-0.2, 0) is 0 Å². The second kappa shape index (κ2) is 3.88. The number of nitrogens with two attached hydrogens (primary N) is 1. The highest BCUT2D eigenvalue weighted by molar-refractivity contribution is 6.34. The van der Waals surface area contributed by atoms with Crippen molar-refractivity contribution >= 4 is 17.5 Å². The molecule has 76 valence electrons. The SMILES string of the molecule is Cc1c(C(F)F)cnc(C(N)=O)c1Cl. The summed E-state index contributed by atoms with van der Waals surface area (Å²) in [6.07, 6.45) is -1.76. The molecule has 6 heteroatoms. The Hall–Kier alpha value is -1.23. The van der Waals surface area contributed by atoms with Crippen LogP contribution in [0.5, 0.6) is 0 Å². The van der Waals surface area contributed by atoms with Crippen molar-refractivity contribution in [2.75, 3.05) is 0 Å². The Kier molecular flexibility index (Phi) is 3.00. The predicted octanol–water partition coefficient (Wildman–Crippen LogP) is 2.08. The highest BCUT2D eigenvalue weighted by Crippen LogP contribution is 2.28. The molecule has 0 unspecified atom stereocenters. The zero-order valence-electron chi connectivity index (χ0n) is 7.22. The van der Waals surface area contributed by atoms with Crippen LogP contribution in [0.1, 0.15) is 28.0 Å². The number of nitrogens with zero attached hydrogens (tertiary/aromatic N) is 1. The fourth-order valence-corrected chi connectivity index (χ4v) is 1.23. The summed E-state index contributed by atoms with van der Waals surface area (Å²) in [6.45, 7) is 1.39. The topological polar surface area (TPSA) is 56.0 Å². The molecule has 0 radical (unpaired) electrons. The standard InChI is InChI=1S/C8H7ClF2N2O/c1-3-4(7(10)11)2-13-6(5(3)9)8(12)14/h2,7H,1H3,(H2,12,14). The number of hydrogen-bond donors (Lipinski definition) is 1. The van der Waals surface area contributed by atoms with Crippen molar-refractivity contribution < 1.29 is 13.6 Å². The van der Waals surface area contributed by atoms with Gasteiger partial charge in [0.1, 0.15) is 5.69 Å². The van der Waals surface area contributed by atoms with E-state index in [4.69, 9.17) is 17.3 Å². The Balaban J connectivity index is 3.33. The Bertz CT molecular complexity index is 382. The largest absolute Gasteiger partial charge is 0.364 e. The predicted molar refractivity (Wildman–Crippen MR) is 47.5 cm³/mol. The lowest BCUT2D eigenvalue weighted by atomic mass is 10.1. The molecule has 0 aliphatic heterocycles. The number of hydrogen-bond acceptors (Lipinski definition) is 2. The normalized spacial score (nSPS) is 10.6. The quantitative estimate of drug-likeness (QED) is 0.830. The minimum Gasteiger partial charge on any atom is -0.364 e. The molecule has 1 amide bonds. The van der Waals surface area contributed by atoms with Crippen molar-refractivity contribution in [2.24, 2.45) is 5.73 Å². The van der Waals surface area contributed by atoms with Crippen LogP contribution < -0.4 is 5.73 Å². The number of carbonyl (C=O) groups excluding carboxylic acids is 1. The molecule has 0 atom stereocenters. The maximum atomic E-state index is 12.3. The molecule has 1 heterocycles. The Morgan fingerprint density at radius 1 is 1.64 bits per heavy atom. The lowest BCUT2D eigenvalue weighted by molar-refractivity contribution is 0.0994. The maximum absolute atomic E-state index is 12.3. The van der Waals surface area contributed by atoms with Crippen LogP contribution in [0.25, 0.3) is 0 Å². The summed E-state index contributed by atoms with van der Waals surface area (Å²) in [5.74, 6) is -0.834. The van der Waals surface area contributed by atoms with E-state index in [0.717, 1.165) is 6.20 Å². The van der Waals surface area contributed by atoms with Gasteiger partial charge in [-0.15, -0.1) is 0 Å². The van der Waals surface area contributed by atoms with E-state index >= 15 is 0 Å². The number of primary amides is 1. The summed E-state index contributed by atoms with van der Waals surface area (Å²) >= 11 is 5.64. The second-order valence-electron chi connectivity index (χ2n) is 2.67. The average molecular weight is 221 g/mol. The van der Waals surface area contributed by atoms with Crippen molar-refractivity contribution in [1.29, 1.82) is 0 Å². The summed E-state index contributed by atoms with van der Waals surface area (Å²) in [4.78, 5) is 14.2. The lowest BCUT2D eigenvalue weighted by Crippen LogP contribution is -2.15. The third-order valence-electron chi connectivity index (χ3n) is 1.77. The summed E-state index contributed by atoms with van der Waals surface area (Å²) in [7, 11) is 0. The number of halogens is 3. The maximum Gasteiger partial charge on any atom is 0.268 e. The van der Waals surface area contributed by atoms with Crippen LogP contribution in [0.15, 0.2) is 6.20 Å². The van der Waals surface area contributed by atoms with Gasteiger partial charge in [-0.05, 0) is 12.5 Å². The van der Waals surface area contributed by atoms with Crippen molar-refractivity contribution in [1.82, 2.24) is 4.98 Å². The third kappa shape index (κ3) is 1.82. The fraction of sp³-hybridized carbons (Fsp3) is 0.250. The van der Waals surface area contributed by atoms with Gasteiger partial charge in [-0.3, -0.25) is 4.79 Å². The van der Waals surface area contributed by atoms with Gasteiger partial charge in [0.15, 0.2) is 0 Å². The number of alkyl halides is 2. The zero-order valence-corrected chi connectivity index (χ0v) is 7.98.